The molecule has 0 aromatic heterocycles. The highest BCUT2D eigenvalue weighted by atomic mass is 35.5. The predicted octanol–water partition coefficient (Wildman–Crippen LogP) is 5.30. The molecule has 2 aromatic rings. The molecule has 4 nitrogen and oxygen atoms in total. The molecule has 1 amide bonds. The van der Waals surface area contributed by atoms with E-state index in [1.54, 1.807) is 44.4 Å². The molecule has 0 aliphatic carbocycles. The van der Waals surface area contributed by atoms with Gasteiger partial charge in [-0.15, -0.1) is 6.58 Å². The van der Waals surface area contributed by atoms with Gasteiger partial charge in [-0.1, -0.05) is 41.4 Å². The number of rotatable bonds is 7. The van der Waals surface area contributed by atoms with E-state index in [-0.39, 0.29) is 18.1 Å². The van der Waals surface area contributed by atoms with Crippen LogP contribution in [0, 0.1) is 11.3 Å². The Morgan fingerprint density at radius 1 is 1.21 bits per heavy atom. The van der Waals surface area contributed by atoms with E-state index in [4.69, 9.17) is 27.9 Å². The maximum Gasteiger partial charge on any atom is 0.264 e. The van der Waals surface area contributed by atoms with Gasteiger partial charge in [0, 0.05) is 29.7 Å². The average molecular weight is 415 g/mol. The number of carbonyl (C=O) groups is 1. The first-order valence-electron chi connectivity index (χ1n) is 8.49. The molecule has 0 saturated heterocycles. The third-order valence-electron chi connectivity index (χ3n) is 3.92. The first-order valence-corrected chi connectivity index (χ1v) is 9.25. The first kappa shape index (κ1) is 21.6. The number of likely N-dealkylation sites (N-methyl/N-ethyl adjacent to an activating group) is 1. The van der Waals surface area contributed by atoms with Crippen molar-refractivity contribution in [1.29, 1.82) is 5.26 Å². The normalized spacial score (nSPS) is 10.9. The van der Waals surface area contributed by atoms with Crippen LogP contribution >= 0.6 is 23.2 Å². The van der Waals surface area contributed by atoms with Crippen molar-refractivity contribution in [1.82, 2.24) is 4.90 Å². The molecule has 2 aromatic carbocycles. The minimum atomic E-state index is -0.342. The molecule has 6 heteroatoms. The van der Waals surface area contributed by atoms with Gasteiger partial charge in [-0.25, -0.2) is 0 Å². The van der Waals surface area contributed by atoms with Crippen molar-refractivity contribution < 1.29 is 9.53 Å². The van der Waals surface area contributed by atoms with Crippen molar-refractivity contribution in [3.63, 3.8) is 0 Å². The zero-order valence-electron chi connectivity index (χ0n) is 15.7. The molecular formula is C22H20Cl2N2O2. The fraction of sp³-hybridized carbons (Fsp3) is 0.182. The summed E-state index contributed by atoms with van der Waals surface area (Å²) >= 11 is 12.1. The van der Waals surface area contributed by atoms with Gasteiger partial charge in [0.2, 0.25) is 0 Å². The Bertz CT molecular complexity index is 959. The number of nitrogens with zero attached hydrogens (tertiary/aromatic N) is 2. The van der Waals surface area contributed by atoms with Crippen LogP contribution in [0.2, 0.25) is 10.0 Å². The third kappa shape index (κ3) is 5.63. The minimum absolute atomic E-state index is 0.0659. The number of halogens is 2. The van der Waals surface area contributed by atoms with Gasteiger partial charge < -0.3 is 9.64 Å². The van der Waals surface area contributed by atoms with Crippen LogP contribution in [0.4, 0.5) is 0 Å². The predicted molar refractivity (Wildman–Crippen MR) is 113 cm³/mol. The van der Waals surface area contributed by atoms with E-state index in [0.29, 0.717) is 22.2 Å². The second-order valence-corrected chi connectivity index (χ2v) is 7.10. The summed E-state index contributed by atoms with van der Waals surface area (Å²) < 4.78 is 5.93. The molecule has 0 bridgehead atoms. The molecule has 0 saturated carbocycles. The zero-order chi connectivity index (χ0) is 20.7. The summed E-state index contributed by atoms with van der Waals surface area (Å²) in [6, 6.07) is 12.7. The van der Waals surface area contributed by atoms with Gasteiger partial charge in [-0.05, 0) is 47.9 Å². The highest BCUT2D eigenvalue weighted by Gasteiger charge is 2.12. The second-order valence-electron chi connectivity index (χ2n) is 6.25. The Morgan fingerprint density at radius 2 is 1.96 bits per heavy atom. The lowest BCUT2D eigenvalue weighted by molar-refractivity contribution is -0.124. The Morgan fingerprint density at radius 3 is 2.57 bits per heavy atom. The van der Waals surface area contributed by atoms with Crippen LogP contribution in [0.1, 0.15) is 16.7 Å². The second kappa shape index (κ2) is 9.98. The number of hydrogen-bond donors (Lipinski definition) is 0. The number of hydrogen-bond acceptors (Lipinski definition) is 3. The molecule has 0 atom stereocenters. The molecule has 144 valence electrons. The van der Waals surface area contributed by atoms with Gasteiger partial charge >= 0.3 is 0 Å². The Balaban J connectivity index is 2.28. The van der Waals surface area contributed by atoms with Crippen molar-refractivity contribution in [2.24, 2.45) is 0 Å². The standard InChI is InChI=1S/C22H20Cl2N2O2/c1-4-5-16-10-15(11-18(13-25)22(27)26(2)3)6-9-21(16)28-14-17-7-8-19(23)12-20(17)24/h4,6-12H,1,5,14H2,2-3H3/b18-11-. The van der Waals surface area contributed by atoms with Gasteiger partial charge in [0.25, 0.3) is 5.91 Å². The van der Waals surface area contributed by atoms with Gasteiger partial charge in [-0.2, -0.15) is 5.26 Å². The molecule has 28 heavy (non-hydrogen) atoms. The van der Waals surface area contributed by atoms with Crippen LogP contribution in [-0.2, 0) is 17.8 Å². The molecule has 0 spiro atoms. The Kier molecular flexibility index (Phi) is 7.69. The van der Waals surface area contributed by atoms with Gasteiger partial charge in [0.1, 0.15) is 24.0 Å². The number of amides is 1. The Labute approximate surface area is 175 Å². The number of benzene rings is 2. The Hall–Kier alpha value is -2.74. The zero-order valence-corrected chi connectivity index (χ0v) is 17.2. The van der Waals surface area contributed by atoms with Gasteiger partial charge in [0.05, 0.1) is 0 Å². The first-order chi connectivity index (χ1) is 13.3. The smallest absolute Gasteiger partial charge is 0.264 e. The highest BCUT2D eigenvalue weighted by Crippen LogP contribution is 2.26. The molecule has 0 aliphatic rings. The summed E-state index contributed by atoms with van der Waals surface area (Å²) in [5.74, 6) is 0.339. The van der Waals surface area contributed by atoms with E-state index < -0.39 is 0 Å². The SMILES string of the molecule is C=CCc1cc(/C=C(/C#N)C(=O)N(C)C)ccc1OCc1ccc(Cl)cc1Cl. The van der Waals surface area contributed by atoms with Crippen LogP contribution in [0.3, 0.4) is 0 Å². The largest absolute Gasteiger partial charge is 0.489 e. The van der Waals surface area contributed by atoms with E-state index in [9.17, 15) is 10.1 Å². The fourth-order valence-corrected chi connectivity index (χ4v) is 2.95. The number of nitriles is 1. The fourth-order valence-electron chi connectivity index (χ4n) is 2.49. The monoisotopic (exact) mass is 414 g/mol. The number of allylic oxidation sites excluding steroid dienone is 1. The van der Waals surface area contributed by atoms with Crippen LogP contribution in [0.25, 0.3) is 6.08 Å². The van der Waals surface area contributed by atoms with Crippen molar-refractivity contribution in [2.75, 3.05) is 14.1 Å². The lowest BCUT2D eigenvalue weighted by Crippen LogP contribution is -2.22. The summed E-state index contributed by atoms with van der Waals surface area (Å²) in [6.45, 7) is 4.07. The van der Waals surface area contributed by atoms with Crippen molar-refractivity contribution in [3.05, 3.63) is 81.4 Å². The van der Waals surface area contributed by atoms with E-state index >= 15 is 0 Å². The molecule has 0 fully saturated rings. The lowest BCUT2D eigenvalue weighted by atomic mass is 10.0. The van der Waals surface area contributed by atoms with Crippen LogP contribution in [-0.4, -0.2) is 24.9 Å². The topological polar surface area (TPSA) is 53.3 Å². The van der Waals surface area contributed by atoms with Crippen molar-refractivity contribution in [3.8, 4) is 11.8 Å². The van der Waals surface area contributed by atoms with Crippen LogP contribution in [0.15, 0.2) is 54.6 Å². The maximum absolute atomic E-state index is 12.0. The molecule has 2 rings (SSSR count). The van der Waals surface area contributed by atoms with E-state index in [0.717, 1.165) is 16.7 Å². The minimum Gasteiger partial charge on any atom is -0.489 e. The molecule has 0 heterocycles. The molecule has 0 unspecified atom stereocenters. The third-order valence-corrected chi connectivity index (χ3v) is 4.50. The number of carbonyl (C=O) groups excluding carboxylic acids is 1. The average Bonchev–Trinajstić information content (AvgIpc) is 2.66. The van der Waals surface area contributed by atoms with Crippen LogP contribution in [0.5, 0.6) is 5.75 Å². The van der Waals surface area contributed by atoms with E-state index in [1.165, 1.54) is 4.90 Å². The summed E-state index contributed by atoms with van der Waals surface area (Å²) in [4.78, 5) is 13.4. The summed E-state index contributed by atoms with van der Waals surface area (Å²) in [7, 11) is 3.21. The summed E-state index contributed by atoms with van der Waals surface area (Å²) in [5, 5.41) is 10.4. The van der Waals surface area contributed by atoms with Crippen molar-refractivity contribution in [2.45, 2.75) is 13.0 Å². The van der Waals surface area contributed by atoms with Gasteiger partial charge in [-0.3, -0.25) is 4.79 Å². The molecular weight excluding hydrogens is 395 g/mol. The maximum atomic E-state index is 12.0. The lowest BCUT2D eigenvalue weighted by Gasteiger charge is -2.13. The van der Waals surface area contributed by atoms with E-state index in [1.807, 2.05) is 24.3 Å². The highest BCUT2D eigenvalue weighted by molar-refractivity contribution is 6.35. The molecule has 0 radical (unpaired) electrons. The van der Waals surface area contributed by atoms with E-state index in [2.05, 4.69) is 6.58 Å². The molecule has 0 aliphatic heterocycles. The summed E-state index contributed by atoms with van der Waals surface area (Å²) in [6.07, 6.45) is 3.91. The number of ether oxygens (including phenoxy) is 1. The quantitative estimate of drug-likeness (QED) is 0.351. The van der Waals surface area contributed by atoms with Crippen molar-refractivity contribution >= 4 is 35.2 Å². The van der Waals surface area contributed by atoms with Gasteiger partial charge in [0.15, 0.2) is 0 Å². The van der Waals surface area contributed by atoms with Crippen LogP contribution < -0.4 is 4.74 Å². The summed E-state index contributed by atoms with van der Waals surface area (Å²) in [5.41, 5.74) is 2.52. The molecule has 0 N–H and O–H groups in total.